The summed E-state index contributed by atoms with van der Waals surface area (Å²) in [6, 6.07) is 6.33. The topological polar surface area (TPSA) is 45.9 Å². The third-order valence-electron chi connectivity index (χ3n) is 6.65. The molecule has 2 aromatic rings. The van der Waals surface area contributed by atoms with Crippen LogP contribution in [0.1, 0.15) is 49.8 Å². The van der Waals surface area contributed by atoms with Crippen LogP contribution in [0, 0.1) is 0 Å². The van der Waals surface area contributed by atoms with Crippen molar-refractivity contribution in [1.82, 2.24) is 9.80 Å². The molecule has 2 saturated heterocycles. The van der Waals surface area contributed by atoms with Gasteiger partial charge in [-0.05, 0) is 76.2 Å². The van der Waals surface area contributed by atoms with Crippen LogP contribution in [0.2, 0.25) is 0 Å². The number of amides is 1. The third kappa shape index (κ3) is 3.52. The predicted octanol–water partition coefficient (Wildman–Crippen LogP) is 3.78. The molecule has 1 atom stereocenters. The van der Waals surface area contributed by atoms with Crippen molar-refractivity contribution in [1.29, 1.82) is 0 Å². The average molecular weight is 383 g/mol. The molecule has 0 saturated carbocycles. The molecule has 28 heavy (non-hydrogen) atoms. The van der Waals surface area contributed by atoms with Crippen LogP contribution in [0.25, 0.3) is 11.0 Å². The van der Waals surface area contributed by atoms with Crippen LogP contribution in [0.3, 0.4) is 0 Å². The van der Waals surface area contributed by atoms with E-state index in [1.807, 2.05) is 12.1 Å². The number of nitrogens with zero attached hydrogens (tertiary/aromatic N) is 2. The Balaban J connectivity index is 1.23. The number of hydrogen-bond donors (Lipinski definition) is 0. The number of aryl methyl sites for hydroxylation is 2. The van der Waals surface area contributed by atoms with Gasteiger partial charge in [-0.25, -0.2) is 0 Å². The molecule has 1 unspecified atom stereocenters. The first-order valence-electron chi connectivity index (χ1n) is 11.0. The van der Waals surface area contributed by atoms with Crippen molar-refractivity contribution in [2.75, 3.05) is 32.8 Å². The quantitative estimate of drug-likeness (QED) is 0.790. The van der Waals surface area contributed by atoms with E-state index in [0.29, 0.717) is 6.04 Å². The summed E-state index contributed by atoms with van der Waals surface area (Å²) in [6.07, 6.45) is 9.36. The summed E-state index contributed by atoms with van der Waals surface area (Å²) in [5.41, 5.74) is 2.28. The second-order valence-electron chi connectivity index (χ2n) is 8.55. The summed E-state index contributed by atoms with van der Waals surface area (Å²) in [5.74, 6) is 2.03. The van der Waals surface area contributed by atoms with E-state index in [2.05, 4.69) is 15.9 Å². The van der Waals surface area contributed by atoms with Gasteiger partial charge in [0.2, 0.25) is 0 Å². The molecule has 5 nitrogen and oxygen atoms in total. The maximum Gasteiger partial charge on any atom is 0.260 e. The van der Waals surface area contributed by atoms with Gasteiger partial charge in [0.25, 0.3) is 5.91 Å². The Hall–Kier alpha value is -2.01. The van der Waals surface area contributed by atoms with Crippen molar-refractivity contribution in [2.24, 2.45) is 0 Å². The molecule has 3 heterocycles. The lowest BCUT2D eigenvalue weighted by atomic mass is 9.96. The normalized spacial score (nSPS) is 22.7. The van der Waals surface area contributed by atoms with E-state index in [0.717, 1.165) is 61.3 Å². The van der Waals surface area contributed by atoms with Crippen LogP contribution in [0.15, 0.2) is 22.6 Å². The minimum Gasteiger partial charge on any atom is -0.484 e. The van der Waals surface area contributed by atoms with Gasteiger partial charge in [-0.3, -0.25) is 4.79 Å². The standard InChI is InChI=1S/C23H30N2O3/c26-23(25-13-5-6-17(25)15-24-11-3-4-12-24)16-27-18-9-10-22-20(14-18)19-7-1-2-8-21(19)28-22/h9-10,14,17H,1-8,11-13,15-16H2. The van der Waals surface area contributed by atoms with Crippen molar-refractivity contribution < 1.29 is 13.9 Å². The van der Waals surface area contributed by atoms with Crippen molar-refractivity contribution in [3.8, 4) is 5.75 Å². The van der Waals surface area contributed by atoms with E-state index in [1.165, 1.54) is 44.3 Å². The van der Waals surface area contributed by atoms with E-state index in [4.69, 9.17) is 9.15 Å². The lowest BCUT2D eigenvalue weighted by Crippen LogP contribution is -2.44. The zero-order valence-electron chi connectivity index (χ0n) is 16.6. The van der Waals surface area contributed by atoms with E-state index < -0.39 is 0 Å². The number of hydrogen-bond acceptors (Lipinski definition) is 4. The fraction of sp³-hybridized carbons (Fsp3) is 0.609. The van der Waals surface area contributed by atoms with Crippen molar-refractivity contribution in [3.63, 3.8) is 0 Å². The van der Waals surface area contributed by atoms with Crippen LogP contribution in [-0.2, 0) is 17.6 Å². The van der Waals surface area contributed by atoms with Crippen molar-refractivity contribution in [2.45, 2.75) is 57.4 Å². The Labute approximate surface area is 166 Å². The van der Waals surface area contributed by atoms with E-state index >= 15 is 0 Å². The molecule has 5 heteroatoms. The molecule has 0 radical (unpaired) electrons. The summed E-state index contributed by atoms with van der Waals surface area (Å²) in [5, 5.41) is 1.16. The van der Waals surface area contributed by atoms with Gasteiger partial charge in [0.1, 0.15) is 17.1 Å². The van der Waals surface area contributed by atoms with Crippen LogP contribution in [0.4, 0.5) is 0 Å². The predicted molar refractivity (Wildman–Crippen MR) is 109 cm³/mol. The summed E-state index contributed by atoms with van der Waals surface area (Å²) < 4.78 is 11.9. The number of carbonyl (C=O) groups is 1. The fourth-order valence-corrected chi connectivity index (χ4v) is 5.18. The third-order valence-corrected chi connectivity index (χ3v) is 6.65. The monoisotopic (exact) mass is 382 g/mol. The van der Waals surface area contributed by atoms with E-state index in [9.17, 15) is 4.79 Å². The zero-order chi connectivity index (χ0) is 18.9. The van der Waals surface area contributed by atoms with E-state index in [1.54, 1.807) is 0 Å². The molecular weight excluding hydrogens is 352 g/mol. The molecule has 0 bridgehead atoms. The molecule has 1 amide bonds. The Kier molecular flexibility index (Phi) is 5.02. The lowest BCUT2D eigenvalue weighted by molar-refractivity contribution is -0.134. The molecular formula is C23H30N2O3. The Bertz CT molecular complexity index is 853. The number of carbonyl (C=O) groups excluding carboxylic acids is 1. The molecule has 1 aromatic heterocycles. The maximum absolute atomic E-state index is 12.8. The van der Waals surface area contributed by atoms with Crippen molar-refractivity contribution in [3.05, 3.63) is 29.5 Å². The first-order valence-corrected chi connectivity index (χ1v) is 11.0. The Morgan fingerprint density at radius 3 is 2.82 bits per heavy atom. The lowest BCUT2D eigenvalue weighted by Gasteiger charge is -2.28. The fourth-order valence-electron chi connectivity index (χ4n) is 5.18. The molecule has 2 aliphatic heterocycles. The highest BCUT2D eigenvalue weighted by Crippen LogP contribution is 2.34. The molecule has 3 aliphatic rings. The molecule has 2 fully saturated rings. The van der Waals surface area contributed by atoms with Crippen LogP contribution < -0.4 is 4.74 Å². The largest absolute Gasteiger partial charge is 0.484 e. The van der Waals surface area contributed by atoms with Gasteiger partial charge in [-0.1, -0.05) is 0 Å². The molecule has 5 rings (SSSR count). The second-order valence-corrected chi connectivity index (χ2v) is 8.55. The highest BCUT2D eigenvalue weighted by molar-refractivity contribution is 5.84. The summed E-state index contributed by atoms with van der Waals surface area (Å²) in [6.45, 7) is 4.39. The molecule has 1 aromatic carbocycles. The number of likely N-dealkylation sites (tertiary alicyclic amines) is 2. The Morgan fingerprint density at radius 2 is 1.93 bits per heavy atom. The Morgan fingerprint density at radius 1 is 1.07 bits per heavy atom. The zero-order valence-corrected chi connectivity index (χ0v) is 16.6. The summed E-state index contributed by atoms with van der Waals surface area (Å²) in [4.78, 5) is 17.4. The van der Waals surface area contributed by atoms with E-state index in [-0.39, 0.29) is 12.5 Å². The molecule has 150 valence electrons. The number of benzene rings is 1. The molecule has 0 N–H and O–H groups in total. The van der Waals surface area contributed by atoms with Gasteiger partial charge in [-0.2, -0.15) is 0 Å². The molecule has 1 aliphatic carbocycles. The van der Waals surface area contributed by atoms with Gasteiger partial charge in [0.05, 0.1) is 0 Å². The average Bonchev–Trinajstić information content (AvgIpc) is 3.46. The van der Waals surface area contributed by atoms with Crippen molar-refractivity contribution >= 4 is 16.9 Å². The van der Waals surface area contributed by atoms with Gasteiger partial charge < -0.3 is 19.0 Å². The smallest absolute Gasteiger partial charge is 0.260 e. The van der Waals surface area contributed by atoms with Gasteiger partial charge in [0, 0.05) is 36.5 Å². The highest BCUT2D eigenvalue weighted by Gasteiger charge is 2.31. The van der Waals surface area contributed by atoms with Crippen LogP contribution in [-0.4, -0.2) is 54.5 Å². The second kappa shape index (κ2) is 7.78. The van der Waals surface area contributed by atoms with Gasteiger partial charge in [0.15, 0.2) is 6.61 Å². The number of fused-ring (bicyclic) bond motifs is 3. The molecule has 0 spiro atoms. The summed E-state index contributed by atoms with van der Waals surface area (Å²) >= 11 is 0. The maximum atomic E-state index is 12.8. The number of ether oxygens (including phenoxy) is 1. The summed E-state index contributed by atoms with van der Waals surface area (Å²) in [7, 11) is 0. The number of furan rings is 1. The van der Waals surface area contributed by atoms with Gasteiger partial charge >= 0.3 is 0 Å². The number of rotatable bonds is 5. The van der Waals surface area contributed by atoms with Gasteiger partial charge in [-0.15, -0.1) is 0 Å². The minimum atomic E-state index is 0.121. The minimum absolute atomic E-state index is 0.121. The first-order chi connectivity index (χ1) is 13.8. The highest BCUT2D eigenvalue weighted by atomic mass is 16.5. The first kappa shape index (κ1) is 18.0. The van der Waals surface area contributed by atoms with Crippen LogP contribution in [0.5, 0.6) is 5.75 Å². The van der Waals surface area contributed by atoms with Crippen LogP contribution >= 0.6 is 0 Å². The SMILES string of the molecule is O=C(COc1ccc2oc3c(c2c1)CCCC3)N1CCCC1CN1CCCC1.